The van der Waals surface area contributed by atoms with Gasteiger partial charge in [-0.2, -0.15) is 0 Å². The summed E-state index contributed by atoms with van der Waals surface area (Å²) in [6, 6.07) is 0. The zero-order chi connectivity index (χ0) is 13.3. The molecule has 5 nitrogen and oxygen atoms in total. The zero-order valence-corrected chi connectivity index (χ0v) is 10.7. The lowest BCUT2D eigenvalue weighted by molar-refractivity contribution is 0.0994. The van der Waals surface area contributed by atoms with Crippen LogP contribution in [0.5, 0.6) is 5.88 Å². The molecule has 0 aliphatic rings. The van der Waals surface area contributed by atoms with Gasteiger partial charge < -0.3 is 10.8 Å². The Bertz CT molecular complexity index is 520. The maximum atomic E-state index is 11.8. The first-order valence-electron chi connectivity index (χ1n) is 5.27. The summed E-state index contributed by atoms with van der Waals surface area (Å²) in [4.78, 5) is 23.2. The number of amides is 1. The average Bonchev–Trinajstić information content (AvgIpc) is 2.22. The highest BCUT2D eigenvalue weighted by atomic mass is 35.5. The summed E-state index contributed by atoms with van der Waals surface area (Å²) in [6.07, 6.45) is 0. The van der Waals surface area contributed by atoms with Crippen LogP contribution in [0.4, 0.5) is 0 Å². The van der Waals surface area contributed by atoms with Crippen LogP contribution in [-0.2, 0) is 6.54 Å². The Morgan fingerprint density at radius 2 is 2.06 bits per heavy atom. The Kier molecular flexibility index (Phi) is 3.83. The van der Waals surface area contributed by atoms with Crippen LogP contribution < -0.4 is 11.3 Å². The summed E-state index contributed by atoms with van der Waals surface area (Å²) < 4.78 is 1.02. The molecule has 0 aromatic carbocycles. The number of nitrogens with two attached hydrogens (primary N) is 1. The van der Waals surface area contributed by atoms with Gasteiger partial charge in [-0.05, 0) is 18.4 Å². The topological polar surface area (TPSA) is 85.3 Å². The fourth-order valence-corrected chi connectivity index (χ4v) is 2.19. The van der Waals surface area contributed by atoms with Crippen molar-refractivity contribution in [3.63, 3.8) is 0 Å². The van der Waals surface area contributed by atoms with E-state index in [1.165, 1.54) is 0 Å². The van der Waals surface area contributed by atoms with E-state index in [9.17, 15) is 14.7 Å². The molecule has 1 rings (SSSR count). The van der Waals surface area contributed by atoms with Crippen molar-refractivity contribution in [3.05, 3.63) is 26.5 Å². The zero-order valence-electron chi connectivity index (χ0n) is 9.95. The molecule has 0 atom stereocenters. The van der Waals surface area contributed by atoms with Crippen LogP contribution in [0.25, 0.3) is 0 Å². The van der Waals surface area contributed by atoms with Crippen molar-refractivity contribution in [3.8, 4) is 5.88 Å². The molecular formula is C11H15ClN2O3. The summed E-state index contributed by atoms with van der Waals surface area (Å²) in [5, 5.41) is 9.84. The molecule has 94 valence electrons. The van der Waals surface area contributed by atoms with E-state index in [1.807, 2.05) is 0 Å². The molecule has 17 heavy (non-hydrogen) atoms. The van der Waals surface area contributed by atoms with Crippen molar-refractivity contribution in [2.75, 3.05) is 0 Å². The molecule has 1 amide bonds. The van der Waals surface area contributed by atoms with E-state index in [2.05, 4.69) is 0 Å². The van der Waals surface area contributed by atoms with E-state index in [-0.39, 0.29) is 23.0 Å². The van der Waals surface area contributed by atoms with Crippen molar-refractivity contribution < 1.29 is 9.90 Å². The standard InChI is InChI=1S/C11H15ClN2O3/c1-4-14-10(16)7(9(13)15)6(5(2)3)8(12)11(14)17/h5,16H,4H2,1-3H3,(H2,13,15). The molecule has 3 N–H and O–H groups in total. The first kappa shape index (κ1) is 13.6. The minimum atomic E-state index is -0.796. The van der Waals surface area contributed by atoms with Crippen molar-refractivity contribution >= 4 is 17.5 Å². The normalized spacial score (nSPS) is 10.9. The molecule has 1 aromatic heterocycles. The molecule has 0 aliphatic carbocycles. The highest BCUT2D eigenvalue weighted by Crippen LogP contribution is 2.30. The van der Waals surface area contributed by atoms with Gasteiger partial charge in [0.25, 0.3) is 11.5 Å². The number of primary amides is 1. The van der Waals surface area contributed by atoms with Gasteiger partial charge in [-0.3, -0.25) is 14.2 Å². The van der Waals surface area contributed by atoms with Crippen molar-refractivity contribution in [2.24, 2.45) is 5.73 Å². The number of carbonyl (C=O) groups is 1. The van der Waals surface area contributed by atoms with E-state index in [1.54, 1.807) is 20.8 Å². The molecule has 0 saturated heterocycles. The number of nitrogens with zero attached hydrogens (tertiary/aromatic N) is 1. The Hall–Kier alpha value is -1.49. The number of carbonyl (C=O) groups excluding carboxylic acids is 1. The van der Waals surface area contributed by atoms with E-state index in [4.69, 9.17) is 17.3 Å². The van der Waals surface area contributed by atoms with Crippen LogP contribution in [0.1, 0.15) is 42.6 Å². The molecule has 0 bridgehead atoms. The summed E-state index contributed by atoms with van der Waals surface area (Å²) in [5.41, 5.74) is 4.93. The first-order chi connectivity index (χ1) is 7.82. The predicted molar refractivity (Wildman–Crippen MR) is 65.7 cm³/mol. The van der Waals surface area contributed by atoms with E-state index < -0.39 is 17.3 Å². The Labute approximate surface area is 104 Å². The lowest BCUT2D eigenvalue weighted by atomic mass is 9.98. The second-order valence-electron chi connectivity index (χ2n) is 3.99. The summed E-state index contributed by atoms with van der Waals surface area (Å²) in [7, 11) is 0. The number of hydrogen-bond acceptors (Lipinski definition) is 3. The van der Waals surface area contributed by atoms with Gasteiger partial charge >= 0.3 is 0 Å². The molecule has 6 heteroatoms. The van der Waals surface area contributed by atoms with Crippen LogP contribution in [0.3, 0.4) is 0 Å². The molecule has 0 unspecified atom stereocenters. The van der Waals surface area contributed by atoms with Crippen LogP contribution in [0, 0.1) is 0 Å². The smallest absolute Gasteiger partial charge is 0.272 e. The second kappa shape index (κ2) is 4.79. The number of halogens is 1. The van der Waals surface area contributed by atoms with Gasteiger partial charge in [0.1, 0.15) is 10.6 Å². The lowest BCUT2D eigenvalue weighted by Crippen LogP contribution is -2.27. The van der Waals surface area contributed by atoms with Crippen molar-refractivity contribution in [1.29, 1.82) is 0 Å². The highest BCUT2D eigenvalue weighted by molar-refractivity contribution is 6.31. The number of aromatic hydroxyl groups is 1. The third-order valence-electron chi connectivity index (χ3n) is 2.56. The molecule has 1 heterocycles. The summed E-state index contributed by atoms with van der Waals surface area (Å²) >= 11 is 5.94. The number of pyridine rings is 1. The Balaban J connectivity index is 3.84. The third-order valence-corrected chi connectivity index (χ3v) is 2.92. The van der Waals surface area contributed by atoms with Gasteiger partial charge in [0.15, 0.2) is 0 Å². The van der Waals surface area contributed by atoms with Gasteiger partial charge in [0.05, 0.1) is 0 Å². The van der Waals surface area contributed by atoms with Crippen LogP contribution in [-0.4, -0.2) is 15.6 Å². The van der Waals surface area contributed by atoms with Crippen LogP contribution >= 0.6 is 11.6 Å². The monoisotopic (exact) mass is 258 g/mol. The number of hydrogen-bond donors (Lipinski definition) is 2. The third kappa shape index (κ3) is 2.15. The van der Waals surface area contributed by atoms with Crippen LogP contribution in [0.2, 0.25) is 5.02 Å². The number of aromatic nitrogens is 1. The minimum Gasteiger partial charge on any atom is -0.494 e. The average molecular weight is 259 g/mol. The molecule has 0 aliphatic heterocycles. The molecule has 0 spiro atoms. The van der Waals surface area contributed by atoms with Crippen LogP contribution in [0.15, 0.2) is 4.79 Å². The summed E-state index contributed by atoms with van der Waals surface area (Å²) in [6.45, 7) is 5.41. The predicted octanol–water partition coefficient (Wildman–Crippen LogP) is 1.45. The van der Waals surface area contributed by atoms with Gasteiger partial charge in [-0.1, -0.05) is 25.4 Å². The fourth-order valence-electron chi connectivity index (χ4n) is 1.77. The second-order valence-corrected chi connectivity index (χ2v) is 4.37. The van der Waals surface area contributed by atoms with Crippen molar-refractivity contribution in [1.82, 2.24) is 4.57 Å². The molecule has 0 fully saturated rings. The van der Waals surface area contributed by atoms with Gasteiger partial charge in [-0.15, -0.1) is 0 Å². The van der Waals surface area contributed by atoms with Gasteiger partial charge in [-0.25, -0.2) is 0 Å². The fraction of sp³-hybridized carbons (Fsp3) is 0.455. The Morgan fingerprint density at radius 1 is 1.53 bits per heavy atom. The quantitative estimate of drug-likeness (QED) is 0.860. The van der Waals surface area contributed by atoms with Gasteiger partial charge in [0.2, 0.25) is 5.88 Å². The largest absolute Gasteiger partial charge is 0.494 e. The highest BCUT2D eigenvalue weighted by Gasteiger charge is 2.24. The van der Waals surface area contributed by atoms with E-state index in [0.717, 1.165) is 4.57 Å². The van der Waals surface area contributed by atoms with Gasteiger partial charge in [0, 0.05) is 6.54 Å². The summed E-state index contributed by atoms with van der Waals surface area (Å²) in [5.74, 6) is -1.40. The molecule has 1 aromatic rings. The van der Waals surface area contributed by atoms with E-state index in [0.29, 0.717) is 5.56 Å². The van der Waals surface area contributed by atoms with Crippen molar-refractivity contribution in [2.45, 2.75) is 33.2 Å². The minimum absolute atomic E-state index is 0.0616. The van der Waals surface area contributed by atoms with E-state index >= 15 is 0 Å². The molecular weight excluding hydrogens is 244 g/mol. The maximum absolute atomic E-state index is 11.8. The molecule has 0 radical (unpaired) electrons. The number of rotatable bonds is 3. The lowest BCUT2D eigenvalue weighted by Gasteiger charge is -2.17. The maximum Gasteiger partial charge on any atom is 0.272 e. The Morgan fingerprint density at radius 3 is 2.41 bits per heavy atom. The molecule has 0 saturated carbocycles. The first-order valence-corrected chi connectivity index (χ1v) is 5.65. The SMILES string of the molecule is CCn1c(O)c(C(N)=O)c(C(C)C)c(Cl)c1=O.